The Morgan fingerprint density at radius 1 is 0.941 bits per heavy atom. The van der Waals surface area contributed by atoms with E-state index in [1.165, 1.54) is 38.6 Å². The maximum atomic E-state index is 3.56. The van der Waals surface area contributed by atoms with Crippen LogP contribution in [0, 0.1) is 17.8 Å². The van der Waals surface area contributed by atoms with E-state index in [-0.39, 0.29) is 0 Å². The topological polar surface area (TPSA) is 12.0 Å². The van der Waals surface area contributed by atoms with Gasteiger partial charge in [-0.1, -0.05) is 67.2 Å². The van der Waals surface area contributed by atoms with Gasteiger partial charge in [-0.15, -0.1) is 0 Å². The van der Waals surface area contributed by atoms with Gasteiger partial charge in [0.1, 0.15) is 0 Å². The molecule has 0 aliphatic heterocycles. The lowest BCUT2D eigenvalue weighted by molar-refractivity contribution is 0.273. The largest absolute Gasteiger partial charge is 0.314 e. The first-order valence-electron chi connectivity index (χ1n) is 7.74. The Hall–Kier alpha value is -0.0400. The van der Waals surface area contributed by atoms with Crippen LogP contribution in [0.2, 0.25) is 0 Å². The summed E-state index contributed by atoms with van der Waals surface area (Å²) >= 11 is 0. The van der Waals surface area contributed by atoms with Gasteiger partial charge in [0.15, 0.2) is 0 Å². The van der Waals surface area contributed by atoms with Crippen LogP contribution in [-0.2, 0) is 0 Å². The van der Waals surface area contributed by atoms with Gasteiger partial charge in [-0.05, 0) is 30.7 Å². The maximum absolute atomic E-state index is 3.56. The van der Waals surface area contributed by atoms with Crippen molar-refractivity contribution in [2.45, 2.75) is 79.7 Å². The standard InChI is InChI=1S/C16H35N/c1-7-9-10-16(8-2)11-14(5)15(6)12-17-13(3)4/h13-17H,7-12H2,1-6H3. The van der Waals surface area contributed by atoms with Crippen LogP contribution in [0.1, 0.15) is 73.6 Å². The molecule has 0 aromatic rings. The second kappa shape index (κ2) is 9.94. The molecule has 3 atom stereocenters. The van der Waals surface area contributed by atoms with E-state index >= 15 is 0 Å². The van der Waals surface area contributed by atoms with Crippen LogP contribution in [0.25, 0.3) is 0 Å². The lowest BCUT2D eigenvalue weighted by Crippen LogP contribution is -2.31. The van der Waals surface area contributed by atoms with E-state index in [1.807, 2.05) is 0 Å². The predicted molar refractivity (Wildman–Crippen MR) is 79.4 cm³/mol. The molecule has 0 saturated heterocycles. The van der Waals surface area contributed by atoms with E-state index < -0.39 is 0 Å². The zero-order valence-electron chi connectivity index (χ0n) is 13.1. The third-order valence-corrected chi connectivity index (χ3v) is 4.07. The molecule has 0 aliphatic carbocycles. The van der Waals surface area contributed by atoms with E-state index in [0.29, 0.717) is 6.04 Å². The molecule has 1 N–H and O–H groups in total. The molecule has 0 saturated carbocycles. The van der Waals surface area contributed by atoms with Crippen LogP contribution in [-0.4, -0.2) is 12.6 Å². The second-order valence-corrected chi connectivity index (χ2v) is 6.17. The summed E-state index contributed by atoms with van der Waals surface area (Å²) in [6.07, 6.45) is 6.95. The molecule has 1 nitrogen and oxygen atoms in total. The fourth-order valence-electron chi connectivity index (χ4n) is 2.36. The molecular weight excluding hydrogens is 206 g/mol. The van der Waals surface area contributed by atoms with Crippen molar-refractivity contribution in [3.05, 3.63) is 0 Å². The Labute approximate surface area is 110 Å². The SMILES string of the molecule is CCCCC(CC)CC(C)C(C)CNC(C)C. The fraction of sp³-hybridized carbons (Fsp3) is 1.00. The van der Waals surface area contributed by atoms with Crippen LogP contribution < -0.4 is 5.32 Å². The molecule has 0 radical (unpaired) electrons. The van der Waals surface area contributed by atoms with Crippen molar-refractivity contribution in [1.82, 2.24) is 5.32 Å². The molecule has 0 bridgehead atoms. The monoisotopic (exact) mass is 241 g/mol. The molecule has 0 aromatic carbocycles. The minimum Gasteiger partial charge on any atom is -0.314 e. The molecule has 0 spiro atoms. The Balaban J connectivity index is 3.89. The zero-order chi connectivity index (χ0) is 13.3. The van der Waals surface area contributed by atoms with Crippen LogP contribution in [0.15, 0.2) is 0 Å². The van der Waals surface area contributed by atoms with Crippen LogP contribution >= 0.6 is 0 Å². The van der Waals surface area contributed by atoms with Crippen molar-refractivity contribution in [3.8, 4) is 0 Å². The third kappa shape index (κ3) is 8.65. The van der Waals surface area contributed by atoms with Gasteiger partial charge in [-0.2, -0.15) is 0 Å². The average Bonchev–Trinajstić information content (AvgIpc) is 2.30. The van der Waals surface area contributed by atoms with Crippen molar-refractivity contribution in [2.75, 3.05) is 6.54 Å². The smallest absolute Gasteiger partial charge is 0.00104 e. The Morgan fingerprint density at radius 3 is 2.06 bits per heavy atom. The van der Waals surface area contributed by atoms with Gasteiger partial charge in [-0.25, -0.2) is 0 Å². The minimum atomic E-state index is 0.617. The molecule has 0 amide bonds. The Morgan fingerprint density at radius 2 is 1.59 bits per heavy atom. The van der Waals surface area contributed by atoms with Crippen molar-refractivity contribution >= 4 is 0 Å². The van der Waals surface area contributed by atoms with Gasteiger partial charge in [0.05, 0.1) is 0 Å². The Kier molecular flexibility index (Phi) is 9.91. The van der Waals surface area contributed by atoms with E-state index in [1.54, 1.807) is 0 Å². The molecule has 0 fully saturated rings. The number of hydrogen-bond donors (Lipinski definition) is 1. The molecule has 104 valence electrons. The predicted octanol–water partition coefficient (Wildman–Crippen LogP) is 4.86. The average molecular weight is 241 g/mol. The fourth-order valence-corrected chi connectivity index (χ4v) is 2.36. The summed E-state index contributed by atoms with van der Waals surface area (Å²) in [6, 6.07) is 0.617. The molecular formula is C16H35N. The first kappa shape index (κ1) is 17.0. The summed E-state index contributed by atoms with van der Waals surface area (Å²) in [5.41, 5.74) is 0. The normalized spacial score (nSPS) is 17.1. The third-order valence-electron chi connectivity index (χ3n) is 4.07. The zero-order valence-corrected chi connectivity index (χ0v) is 13.1. The van der Waals surface area contributed by atoms with E-state index in [9.17, 15) is 0 Å². The molecule has 3 unspecified atom stereocenters. The number of rotatable bonds is 10. The van der Waals surface area contributed by atoms with Crippen molar-refractivity contribution in [3.63, 3.8) is 0 Å². The maximum Gasteiger partial charge on any atom is 0.00104 e. The first-order chi connectivity index (χ1) is 8.01. The summed E-state index contributed by atoms with van der Waals surface area (Å²) in [5.74, 6) is 2.60. The highest BCUT2D eigenvalue weighted by Gasteiger charge is 2.16. The number of nitrogens with one attached hydrogen (secondary N) is 1. The van der Waals surface area contributed by atoms with Gasteiger partial charge in [0, 0.05) is 6.04 Å². The molecule has 17 heavy (non-hydrogen) atoms. The highest BCUT2D eigenvalue weighted by atomic mass is 14.9. The molecule has 0 rings (SSSR count). The molecule has 0 aliphatic rings. The number of unbranched alkanes of at least 4 members (excludes halogenated alkanes) is 1. The number of hydrogen-bond acceptors (Lipinski definition) is 1. The summed E-state index contributed by atoms with van der Waals surface area (Å²) in [5, 5.41) is 3.56. The summed E-state index contributed by atoms with van der Waals surface area (Å²) in [4.78, 5) is 0. The van der Waals surface area contributed by atoms with Crippen LogP contribution in [0.3, 0.4) is 0 Å². The van der Waals surface area contributed by atoms with Gasteiger partial charge >= 0.3 is 0 Å². The summed E-state index contributed by atoms with van der Waals surface area (Å²) in [6.45, 7) is 15.1. The van der Waals surface area contributed by atoms with Gasteiger partial charge in [0.25, 0.3) is 0 Å². The van der Waals surface area contributed by atoms with Crippen molar-refractivity contribution in [2.24, 2.45) is 17.8 Å². The van der Waals surface area contributed by atoms with E-state index in [0.717, 1.165) is 17.8 Å². The van der Waals surface area contributed by atoms with Gasteiger partial charge in [-0.3, -0.25) is 0 Å². The highest BCUT2D eigenvalue weighted by Crippen LogP contribution is 2.25. The van der Waals surface area contributed by atoms with E-state index in [2.05, 4.69) is 46.9 Å². The van der Waals surface area contributed by atoms with Crippen LogP contribution in [0.4, 0.5) is 0 Å². The lowest BCUT2D eigenvalue weighted by Gasteiger charge is -2.25. The highest BCUT2D eigenvalue weighted by molar-refractivity contribution is 4.70. The second-order valence-electron chi connectivity index (χ2n) is 6.17. The molecule has 0 aromatic heterocycles. The Bertz CT molecular complexity index is 165. The van der Waals surface area contributed by atoms with Gasteiger partial charge < -0.3 is 5.32 Å². The van der Waals surface area contributed by atoms with E-state index in [4.69, 9.17) is 0 Å². The summed E-state index contributed by atoms with van der Waals surface area (Å²) in [7, 11) is 0. The molecule has 0 heterocycles. The molecule has 1 heteroatoms. The van der Waals surface area contributed by atoms with Crippen LogP contribution in [0.5, 0.6) is 0 Å². The van der Waals surface area contributed by atoms with Crippen molar-refractivity contribution in [1.29, 1.82) is 0 Å². The summed E-state index contributed by atoms with van der Waals surface area (Å²) < 4.78 is 0. The van der Waals surface area contributed by atoms with Crippen molar-refractivity contribution < 1.29 is 0 Å². The van der Waals surface area contributed by atoms with Gasteiger partial charge in [0.2, 0.25) is 0 Å². The quantitative estimate of drug-likeness (QED) is 0.576. The first-order valence-corrected chi connectivity index (χ1v) is 7.74. The minimum absolute atomic E-state index is 0.617. The lowest BCUT2D eigenvalue weighted by atomic mass is 9.83.